The number of rotatable bonds is 5. The van der Waals surface area contributed by atoms with Gasteiger partial charge in [-0.2, -0.15) is 0 Å². The van der Waals surface area contributed by atoms with Gasteiger partial charge in [-0.15, -0.1) is 22.6 Å². The van der Waals surface area contributed by atoms with Gasteiger partial charge in [0.05, 0.1) is 18.6 Å². The standard InChI is InChI=1S/C15H26N4O2S.ClH/c1-14(2,3)13-19-18-11(22-13)9-17-12(20)15(10-21-4)5-7-16-8-6-15;/h16H,5-10H2,1-4H3,(H,17,20);1H. The molecule has 1 aliphatic heterocycles. The first-order valence-electron chi connectivity index (χ1n) is 7.68. The molecule has 2 heterocycles. The fraction of sp³-hybridized carbons (Fsp3) is 0.800. The molecule has 0 unspecified atom stereocenters. The summed E-state index contributed by atoms with van der Waals surface area (Å²) in [5.41, 5.74) is -0.427. The predicted molar refractivity (Wildman–Crippen MR) is 94.1 cm³/mol. The predicted octanol–water partition coefficient (Wildman–Crippen LogP) is 1.89. The number of hydrogen-bond donors (Lipinski definition) is 2. The molecule has 0 atom stereocenters. The Labute approximate surface area is 148 Å². The topological polar surface area (TPSA) is 76.1 Å². The van der Waals surface area contributed by atoms with Crippen molar-refractivity contribution in [2.45, 2.75) is 45.6 Å². The lowest BCUT2D eigenvalue weighted by molar-refractivity contribution is -0.136. The molecule has 0 bridgehead atoms. The second kappa shape index (κ2) is 8.37. The molecule has 1 saturated heterocycles. The van der Waals surface area contributed by atoms with Gasteiger partial charge in [-0.25, -0.2) is 0 Å². The summed E-state index contributed by atoms with van der Waals surface area (Å²) >= 11 is 1.56. The van der Waals surface area contributed by atoms with Gasteiger partial charge in [-0.1, -0.05) is 32.1 Å². The molecule has 0 saturated carbocycles. The molecule has 23 heavy (non-hydrogen) atoms. The fourth-order valence-corrected chi connectivity index (χ4v) is 3.43. The summed E-state index contributed by atoms with van der Waals surface area (Å²) in [5.74, 6) is 0.0587. The highest BCUT2D eigenvalue weighted by molar-refractivity contribution is 7.11. The molecule has 2 rings (SSSR count). The third kappa shape index (κ3) is 5.11. The van der Waals surface area contributed by atoms with Crippen molar-refractivity contribution in [1.82, 2.24) is 20.8 Å². The largest absolute Gasteiger partial charge is 0.384 e. The maximum atomic E-state index is 12.6. The molecule has 132 valence electrons. The Kier molecular flexibility index (Phi) is 7.38. The first-order valence-corrected chi connectivity index (χ1v) is 8.50. The van der Waals surface area contributed by atoms with Crippen LogP contribution < -0.4 is 10.6 Å². The lowest BCUT2D eigenvalue weighted by Gasteiger charge is -2.35. The summed E-state index contributed by atoms with van der Waals surface area (Å²) in [6, 6.07) is 0. The highest BCUT2D eigenvalue weighted by Crippen LogP contribution is 2.30. The maximum Gasteiger partial charge on any atom is 0.229 e. The Morgan fingerprint density at radius 3 is 2.52 bits per heavy atom. The molecular formula is C15H27ClN4O2S. The maximum absolute atomic E-state index is 12.6. The number of ether oxygens (including phenoxy) is 1. The molecule has 8 heteroatoms. The Hall–Kier alpha value is -0.760. The minimum atomic E-state index is -0.419. The van der Waals surface area contributed by atoms with E-state index in [-0.39, 0.29) is 23.7 Å². The van der Waals surface area contributed by atoms with E-state index in [2.05, 4.69) is 41.6 Å². The van der Waals surface area contributed by atoms with Crippen LogP contribution in [-0.4, -0.2) is 42.9 Å². The van der Waals surface area contributed by atoms with Gasteiger partial charge in [0.25, 0.3) is 0 Å². The fourth-order valence-electron chi connectivity index (χ4n) is 2.59. The van der Waals surface area contributed by atoms with Crippen LogP contribution in [0.3, 0.4) is 0 Å². The van der Waals surface area contributed by atoms with Crippen molar-refractivity contribution in [3.05, 3.63) is 10.0 Å². The zero-order valence-electron chi connectivity index (χ0n) is 14.3. The van der Waals surface area contributed by atoms with E-state index in [1.165, 1.54) is 0 Å². The first-order chi connectivity index (χ1) is 10.4. The lowest BCUT2D eigenvalue weighted by Crippen LogP contribution is -2.49. The molecule has 1 amide bonds. The second-order valence-electron chi connectivity index (χ2n) is 6.90. The van der Waals surface area contributed by atoms with E-state index in [1.807, 2.05) is 0 Å². The number of aromatic nitrogens is 2. The zero-order valence-corrected chi connectivity index (χ0v) is 15.9. The third-order valence-electron chi connectivity index (χ3n) is 3.97. The minimum absolute atomic E-state index is 0. The summed E-state index contributed by atoms with van der Waals surface area (Å²) < 4.78 is 5.29. The molecular weight excluding hydrogens is 336 g/mol. The van der Waals surface area contributed by atoms with Gasteiger partial charge in [-0.3, -0.25) is 4.79 Å². The van der Waals surface area contributed by atoms with Gasteiger partial charge in [0.1, 0.15) is 10.0 Å². The van der Waals surface area contributed by atoms with Gasteiger partial charge >= 0.3 is 0 Å². The molecule has 1 fully saturated rings. The van der Waals surface area contributed by atoms with Crippen molar-refractivity contribution in [3.8, 4) is 0 Å². The average molecular weight is 363 g/mol. The van der Waals surface area contributed by atoms with E-state index in [4.69, 9.17) is 4.74 Å². The van der Waals surface area contributed by atoms with E-state index in [9.17, 15) is 4.79 Å². The molecule has 2 N–H and O–H groups in total. The third-order valence-corrected chi connectivity index (χ3v) is 5.32. The van der Waals surface area contributed by atoms with Crippen LogP contribution in [-0.2, 0) is 21.5 Å². The van der Waals surface area contributed by atoms with Gasteiger partial charge < -0.3 is 15.4 Å². The smallest absolute Gasteiger partial charge is 0.229 e. The molecule has 0 spiro atoms. The monoisotopic (exact) mass is 362 g/mol. The van der Waals surface area contributed by atoms with Crippen molar-refractivity contribution >= 4 is 29.7 Å². The summed E-state index contributed by atoms with van der Waals surface area (Å²) in [7, 11) is 1.65. The van der Waals surface area contributed by atoms with Crippen LogP contribution >= 0.6 is 23.7 Å². The Morgan fingerprint density at radius 1 is 1.35 bits per heavy atom. The van der Waals surface area contributed by atoms with Gasteiger partial charge in [0.15, 0.2) is 0 Å². The molecule has 1 aromatic rings. The normalized spacial score (nSPS) is 17.4. The quantitative estimate of drug-likeness (QED) is 0.836. The van der Waals surface area contributed by atoms with E-state index in [0.717, 1.165) is 35.9 Å². The lowest BCUT2D eigenvalue weighted by atomic mass is 9.78. The van der Waals surface area contributed by atoms with E-state index < -0.39 is 5.41 Å². The minimum Gasteiger partial charge on any atom is -0.384 e. The number of amides is 1. The highest BCUT2D eigenvalue weighted by Gasteiger charge is 2.39. The number of carbonyl (C=O) groups is 1. The Morgan fingerprint density at radius 2 is 2.00 bits per heavy atom. The van der Waals surface area contributed by atoms with Crippen LogP contribution in [0.4, 0.5) is 0 Å². The van der Waals surface area contributed by atoms with Gasteiger partial charge in [0, 0.05) is 12.5 Å². The number of piperidine rings is 1. The Balaban J connectivity index is 0.00000264. The summed E-state index contributed by atoms with van der Waals surface area (Å²) in [6.07, 6.45) is 1.60. The van der Waals surface area contributed by atoms with Gasteiger partial charge in [-0.05, 0) is 25.9 Å². The molecule has 1 aromatic heterocycles. The average Bonchev–Trinajstić information content (AvgIpc) is 2.95. The highest BCUT2D eigenvalue weighted by atomic mass is 35.5. The molecule has 0 aromatic carbocycles. The molecule has 6 nitrogen and oxygen atoms in total. The summed E-state index contributed by atoms with van der Waals surface area (Å²) in [6.45, 7) is 8.93. The van der Waals surface area contributed by atoms with Crippen molar-refractivity contribution in [3.63, 3.8) is 0 Å². The number of methoxy groups -OCH3 is 1. The SMILES string of the molecule is COCC1(C(=O)NCc2nnc(C(C)(C)C)s2)CCNCC1.Cl. The summed E-state index contributed by atoms with van der Waals surface area (Å²) in [4.78, 5) is 12.6. The van der Waals surface area contributed by atoms with E-state index in [0.29, 0.717) is 13.2 Å². The number of halogens is 1. The number of hydrogen-bond acceptors (Lipinski definition) is 6. The van der Waals surface area contributed by atoms with Crippen LogP contribution in [0.25, 0.3) is 0 Å². The molecule has 0 radical (unpaired) electrons. The van der Waals surface area contributed by atoms with Gasteiger partial charge in [0.2, 0.25) is 5.91 Å². The van der Waals surface area contributed by atoms with Crippen molar-refractivity contribution < 1.29 is 9.53 Å². The van der Waals surface area contributed by atoms with Crippen molar-refractivity contribution in [2.24, 2.45) is 5.41 Å². The molecule has 0 aliphatic carbocycles. The van der Waals surface area contributed by atoms with Crippen LogP contribution in [0.15, 0.2) is 0 Å². The molecule has 1 aliphatic rings. The summed E-state index contributed by atoms with van der Waals surface area (Å²) in [5, 5.41) is 16.5. The van der Waals surface area contributed by atoms with Crippen LogP contribution in [0.5, 0.6) is 0 Å². The first kappa shape index (κ1) is 20.3. The van der Waals surface area contributed by atoms with E-state index in [1.54, 1.807) is 18.4 Å². The van der Waals surface area contributed by atoms with Crippen molar-refractivity contribution in [2.75, 3.05) is 26.8 Å². The number of nitrogens with one attached hydrogen (secondary N) is 2. The van der Waals surface area contributed by atoms with E-state index >= 15 is 0 Å². The van der Waals surface area contributed by atoms with Crippen LogP contribution in [0, 0.1) is 5.41 Å². The van der Waals surface area contributed by atoms with Crippen molar-refractivity contribution in [1.29, 1.82) is 0 Å². The van der Waals surface area contributed by atoms with Crippen LogP contribution in [0.2, 0.25) is 0 Å². The zero-order chi connectivity index (χ0) is 16.2. The number of carbonyl (C=O) groups excluding carboxylic acids is 1. The Bertz CT molecular complexity index is 504. The second-order valence-corrected chi connectivity index (χ2v) is 7.96. The number of nitrogens with zero attached hydrogens (tertiary/aromatic N) is 2. The van der Waals surface area contributed by atoms with Crippen LogP contribution in [0.1, 0.15) is 43.6 Å².